The lowest BCUT2D eigenvalue weighted by Gasteiger charge is -2.09. The Morgan fingerprint density at radius 1 is 1.71 bits per heavy atom. The van der Waals surface area contributed by atoms with Crippen LogP contribution in [0.4, 0.5) is 0 Å². The van der Waals surface area contributed by atoms with Crippen molar-refractivity contribution in [1.82, 2.24) is 4.98 Å². The van der Waals surface area contributed by atoms with E-state index in [1.807, 2.05) is 19.9 Å². The van der Waals surface area contributed by atoms with Gasteiger partial charge in [0.25, 0.3) is 0 Å². The number of carboxylic acids is 1. The van der Waals surface area contributed by atoms with Crippen LogP contribution in [0.2, 0.25) is 0 Å². The summed E-state index contributed by atoms with van der Waals surface area (Å²) in [6, 6.07) is 1.92. The van der Waals surface area contributed by atoms with E-state index < -0.39 is 5.97 Å². The number of aromatic nitrogens is 1. The smallest absolute Gasteiger partial charge is 0.304 e. The minimum atomic E-state index is -0.753. The molecular formula is C10H13NO2S. The highest BCUT2D eigenvalue weighted by Crippen LogP contribution is 2.27. The summed E-state index contributed by atoms with van der Waals surface area (Å²) in [7, 11) is 0. The molecule has 0 radical (unpaired) electrons. The maximum absolute atomic E-state index is 10.5. The van der Waals surface area contributed by atoms with Gasteiger partial charge in [-0.05, 0) is 18.6 Å². The molecule has 14 heavy (non-hydrogen) atoms. The molecule has 0 spiro atoms. The first kappa shape index (κ1) is 11.0. The Morgan fingerprint density at radius 3 is 3.00 bits per heavy atom. The fraction of sp³-hybridized carbons (Fsp3) is 0.400. The zero-order valence-electron chi connectivity index (χ0n) is 8.23. The molecule has 0 aliphatic rings. The Morgan fingerprint density at radius 2 is 2.43 bits per heavy atom. The van der Waals surface area contributed by atoms with Crippen molar-refractivity contribution in [2.75, 3.05) is 0 Å². The summed E-state index contributed by atoms with van der Waals surface area (Å²) in [4.78, 5) is 15.5. The largest absolute Gasteiger partial charge is 0.481 e. The van der Waals surface area contributed by atoms with Crippen molar-refractivity contribution in [3.8, 4) is 0 Å². The van der Waals surface area contributed by atoms with Crippen molar-refractivity contribution in [3.63, 3.8) is 0 Å². The molecule has 1 unspecified atom stereocenters. The first-order chi connectivity index (χ1) is 6.59. The van der Waals surface area contributed by atoms with E-state index in [2.05, 4.69) is 4.98 Å². The Hall–Kier alpha value is -1.03. The second kappa shape index (κ2) is 5.00. The van der Waals surface area contributed by atoms with Gasteiger partial charge in [0.1, 0.15) is 0 Å². The van der Waals surface area contributed by atoms with Gasteiger partial charge in [0, 0.05) is 22.5 Å². The fourth-order valence-corrected chi connectivity index (χ4v) is 2.13. The number of carboxylic acid groups (broad SMARTS) is 1. The summed E-state index contributed by atoms with van der Waals surface area (Å²) < 4.78 is 0. The molecule has 1 atom stereocenters. The first-order valence-electron chi connectivity index (χ1n) is 4.38. The second-order valence-corrected chi connectivity index (χ2v) is 4.65. The van der Waals surface area contributed by atoms with Gasteiger partial charge in [-0.1, -0.05) is 6.92 Å². The van der Waals surface area contributed by atoms with Crippen LogP contribution in [0.1, 0.15) is 18.9 Å². The number of hydrogen-bond acceptors (Lipinski definition) is 3. The van der Waals surface area contributed by atoms with Crippen LogP contribution in [0.3, 0.4) is 0 Å². The van der Waals surface area contributed by atoms with E-state index in [-0.39, 0.29) is 11.7 Å². The van der Waals surface area contributed by atoms with Crippen molar-refractivity contribution in [1.29, 1.82) is 0 Å². The fourth-order valence-electron chi connectivity index (χ4n) is 1.10. The molecule has 4 heteroatoms. The van der Waals surface area contributed by atoms with Gasteiger partial charge in [0.2, 0.25) is 0 Å². The van der Waals surface area contributed by atoms with Gasteiger partial charge in [-0.2, -0.15) is 0 Å². The first-order valence-corrected chi connectivity index (χ1v) is 5.26. The van der Waals surface area contributed by atoms with Gasteiger partial charge in [-0.3, -0.25) is 9.78 Å². The van der Waals surface area contributed by atoms with E-state index in [0.29, 0.717) is 0 Å². The molecule has 0 aliphatic heterocycles. The number of carbonyl (C=O) groups is 1. The van der Waals surface area contributed by atoms with Crippen LogP contribution >= 0.6 is 11.8 Å². The second-order valence-electron chi connectivity index (χ2n) is 3.17. The van der Waals surface area contributed by atoms with Crippen molar-refractivity contribution < 1.29 is 9.90 Å². The van der Waals surface area contributed by atoms with E-state index in [1.54, 1.807) is 24.2 Å². The SMILES string of the molecule is Cc1cnccc1SC(C)CC(=O)O. The van der Waals surface area contributed by atoms with E-state index in [1.165, 1.54) is 0 Å². The molecule has 1 N–H and O–H groups in total. The van der Waals surface area contributed by atoms with Crippen molar-refractivity contribution in [2.45, 2.75) is 30.4 Å². The van der Waals surface area contributed by atoms with Crippen LogP contribution < -0.4 is 0 Å². The van der Waals surface area contributed by atoms with Gasteiger partial charge >= 0.3 is 5.97 Å². The lowest BCUT2D eigenvalue weighted by atomic mass is 10.3. The summed E-state index contributed by atoms with van der Waals surface area (Å²) in [6.45, 7) is 3.89. The quantitative estimate of drug-likeness (QED) is 0.777. The zero-order valence-corrected chi connectivity index (χ0v) is 9.04. The Labute approximate surface area is 87.6 Å². The number of hydrogen-bond donors (Lipinski definition) is 1. The molecule has 3 nitrogen and oxygen atoms in total. The number of aliphatic carboxylic acids is 1. The zero-order chi connectivity index (χ0) is 10.6. The number of thioether (sulfide) groups is 1. The third-order valence-electron chi connectivity index (χ3n) is 1.76. The predicted octanol–water partition coefficient (Wildman–Crippen LogP) is 2.35. The van der Waals surface area contributed by atoms with Crippen molar-refractivity contribution >= 4 is 17.7 Å². The number of pyridine rings is 1. The van der Waals surface area contributed by atoms with Crippen LogP contribution in [0.5, 0.6) is 0 Å². The minimum absolute atomic E-state index is 0.0913. The molecule has 0 aromatic carbocycles. The number of rotatable bonds is 4. The lowest BCUT2D eigenvalue weighted by Crippen LogP contribution is -2.05. The Bertz CT molecular complexity index is 328. The van der Waals surface area contributed by atoms with E-state index in [9.17, 15) is 4.79 Å². The molecule has 1 aromatic heterocycles. The third kappa shape index (κ3) is 3.38. The molecule has 0 amide bonds. The average Bonchev–Trinajstić information content (AvgIpc) is 2.07. The van der Waals surface area contributed by atoms with E-state index >= 15 is 0 Å². The van der Waals surface area contributed by atoms with Crippen LogP contribution in [0.25, 0.3) is 0 Å². The van der Waals surface area contributed by atoms with E-state index in [4.69, 9.17) is 5.11 Å². The lowest BCUT2D eigenvalue weighted by molar-refractivity contribution is -0.136. The summed E-state index contributed by atoms with van der Waals surface area (Å²) >= 11 is 1.58. The maximum atomic E-state index is 10.5. The minimum Gasteiger partial charge on any atom is -0.481 e. The van der Waals surface area contributed by atoms with Crippen LogP contribution in [-0.4, -0.2) is 21.3 Å². The van der Waals surface area contributed by atoms with Gasteiger partial charge < -0.3 is 5.11 Å². The molecule has 76 valence electrons. The Kier molecular flexibility index (Phi) is 3.95. The van der Waals surface area contributed by atoms with E-state index in [0.717, 1.165) is 10.5 Å². The summed E-state index contributed by atoms with van der Waals surface area (Å²) in [5, 5.41) is 8.70. The van der Waals surface area contributed by atoms with Crippen LogP contribution in [0.15, 0.2) is 23.4 Å². The van der Waals surface area contributed by atoms with Crippen LogP contribution in [-0.2, 0) is 4.79 Å². The normalized spacial score (nSPS) is 12.4. The summed E-state index contributed by atoms with van der Waals surface area (Å²) in [6.07, 6.45) is 3.70. The van der Waals surface area contributed by atoms with Gasteiger partial charge in [0.15, 0.2) is 0 Å². The Balaban J connectivity index is 2.60. The molecule has 0 saturated carbocycles. The number of nitrogens with zero attached hydrogens (tertiary/aromatic N) is 1. The highest BCUT2D eigenvalue weighted by atomic mass is 32.2. The standard InChI is InChI=1S/C10H13NO2S/c1-7-6-11-4-3-9(7)14-8(2)5-10(12)13/h3-4,6,8H,5H2,1-2H3,(H,12,13). The highest BCUT2D eigenvalue weighted by Gasteiger charge is 2.10. The monoisotopic (exact) mass is 211 g/mol. The molecule has 1 aromatic rings. The van der Waals surface area contributed by atoms with Crippen molar-refractivity contribution in [2.24, 2.45) is 0 Å². The van der Waals surface area contributed by atoms with Crippen molar-refractivity contribution in [3.05, 3.63) is 24.0 Å². The van der Waals surface area contributed by atoms with Crippen LogP contribution in [0, 0.1) is 6.92 Å². The topological polar surface area (TPSA) is 50.2 Å². The number of aryl methyl sites for hydroxylation is 1. The highest BCUT2D eigenvalue weighted by molar-refractivity contribution is 8.00. The third-order valence-corrected chi connectivity index (χ3v) is 3.04. The molecule has 1 rings (SSSR count). The molecule has 1 heterocycles. The maximum Gasteiger partial charge on any atom is 0.304 e. The predicted molar refractivity (Wildman–Crippen MR) is 56.5 cm³/mol. The molecule has 0 aliphatic carbocycles. The van der Waals surface area contributed by atoms with Gasteiger partial charge in [-0.15, -0.1) is 11.8 Å². The molecule has 0 bridgehead atoms. The summed E-state index contributed by atoms with van der Waals surface area (Å²) in [5.41, 5.74) is 1.09. The van der Waals surface area contributed by atoms with Gasteiger partial charge in [0.05, 0.1) is 6.42 Å². The molecule has 0 fully saturated rings. The average molecular weight is 211 g/mol. The van der Waals surface area contributed by atoms with Gasteiger partial charge in [-0.25, -0.2) is 0 Å². The molecule has 0 saturated heterocycles. The summed E-state index contributed by atoms with van der Waals surface area (Å²) in [5.74, 6) is -0.753. The molecular weight excluding hydrogens is 198 g/mol.